The second kappa shape index (κ2) is 3.70. The van der Waals surface area contributed by atoms with Crippen LogP contribution in [0.2, 0.25) is 0 Å². The Morgan fingerprint density at radius 3 is 3.00 bits per heavy atom. The number of rotatable bonds is 2. The zero-order valence-electron chi connectivity index (χ0n) is 7.34. The maximum atomic E-state index is 10.3. The molecule has 1 nitrogen and oxygen atoms in total. The molecule has 0 aliphatic heterocycles. The van der Waals surface area contributed by atoms with Crippen molar-refractivity contribution in [1.29, 1.82) is 0 Å². The van der Waals surface area contributed by atoms with Gasteiger partial charge in [-0.1, -0.05) is 18.6 Å². The Bertz CT molecular complexity index is 170. The summed E-state index contributed by atoms with van der Waals surface area (Å²) in [5.41, 5.74) is 1.49. The first-order valence-corrected chi connectivity index (χ1v) is 4.35. The Morgan fingerprint density at radius 1 is 1.73 bits per heavy atom. The van der Waals surface area contributed by atoms with Gasteiger partial charge in [-0.3, -0.25) is 0 Å². The number of aldehydes is 1. The summed E-state index contributed by atoms with van der Waals surface area (Å²) >= 11 is 0. The molecule has 0 spiro atoms. The third-order valence-electron chi connectivity index (χ3n) is 2.60. The van der Waals surface area contributed by atoms with Crippen LogP contribution in [0.3, 0.4) is 0 Å². The van der Waals surface area contributed by atoms with Crippen molar-refractivity contribution < 1.29 is 4.79 Å². The van der Waals surface area contributed by atoms with E-state index >= 15 is 0 Å². The van der Waals surface area contributed by atoms with Crippen LogP contribution in [0.5, 0.6) is 0 Å². The first-order chi connectivity index (χ1) is 5.24. The SMILES string of the molecule is CC1=CC(C)C(CC=O)CC1. The van der Waals surface area contributed by atoms with E-state index in [-0.39, 0.29) is 0 Å². The Labute approximate surface area is 68.5 Å². The lowest BCUT2D eigenvalue weighted by Gasteiger charge is -2.24. The fourth-order valence-electron chi connectivity index (χ4n) is 1.80. The van der Waals surface area contributed by atoms with Gasteiger partial charge in [-0.25, -0.2) is 0 Å². The first kappa shape index (κ1) is 8.51. The summed E-state index contributed by atoms with van der Waals surface area (Å²) in [5.74, 6) is 1.21. The molecule has 1 aliphatic carbocycles. The molecule has 1 rings (SSSR count). The average molecular weight is 152 g/mol. The molecule has 2 atom stereocenters. The molecule has 0 amide bonds. The summed E-state index contributed by atoms with van der Waals surface area (Å²) in [7, 11) is 0. The van der Waals surface area contributed by atoms with Crippen LogP contribution >= 0.6 is 0 Å². The normalized spacial score (nSPS) is 31.3. The molecule has 0 N–H and O–H groups in total. The number of carbonyl (C=O) groups excluding carboxylic acids is 1. The van der Waals surface area contributed by atoms with E-state index in [2.05, 4.69) is 19.9 Å². The van der Waals surface area contributed by atoms with Crippen molar-refractivity contribution in [3.63, 3.8) is 0 Å². The van der Waals surface area contributed by atoms with Gasteiger partial charge in [0.05, 0.1) is 0 Å². The molecule has 0 saturated heterocycles. The minimum absolute atomic E-state index is 0.606. The van der Waals surface area contributed by atoms with E-state index in [0.29, 0.717) is 11.8 Å². The van der Waals surface area contributed by atoms with Gasteiger partial charge in [-0.05, 0) is 31.6 Å². The third kappa shape index (κ3) is 2.18. The number of hydrogen-bond donors (Lipinski definition) is 0. The summed E-state index contributed by atoms with van der Waals surface area (Å²) in [6.45, 7) is 4.38. The van der Waals surface area contributed by atoms with Gasteiger partial charge in [0.25, 0.3) is 0 Å². The van der Waals surface area contributed by atoms with E-state index in [1.807, 2.05) is 0 Å². The lowest BCUT2D eigenvalue weighted by Crippen LogP contribution is -2.14. The molecular formula is C10H16O. The standard InChI is InChI=1S/C10H16O/c1-8-3-4-10(5-6-11)9(2)7-8/h6-7,9-10H,3-5H2,1-2H3. The molecule has 0 bridgehead atoms. The van der Waals surface area contributed by atoms with Gasteiger partial charge in [0.15, 0.2) is 0 Å². The first-order valence-electron chi connectivity index (χ1n) is 4.35. The monoisotopic (exact) mass is 152 g/mol. The van der Waals surface area contributed by atoms with Crippen molar-refractivity contribution in [3.8, 4) is 0 Å². The topological polar surface area (TPSA) is 17.1 Å². The molecular weight excluding hydrogens is 136 g/mol. The Morgan fingerprint density at radius 2 is 2.45 bits per heavy atom. The van der Waals surface area contributed by atoms with Gasteiger partial charge in [0, 0.05) is 6.42 Å². The van der Waals surface area contributed by atoms with Crippen molar-refractivity contribution in [3.05, 3.63) is 11.6 Å². The quantitative estimate of drug-likeness (QED) is 0.439. The van der Waals surface area contributed by atoms with Crippen LogP contribution in [-0.2, 0) is 4.79 Å². The number of carbonyl (C=O) groups is 1. The highest BCUT2D eigenvalue weighted by atomic mass is 16.1. The second-order valence-corrected chi connectivity index (χ2v) is 3.57. The minimum Gasteiger partial charge on any atom is -0.303 e. The summed E-state index contributed by atoms with van der Waals surface area (Å²) in [4.78, 5) is 10.3. The molecule has 0 aromatic carbocycles. The summed E-state index contributed by atoms with van der Waals surface area (Å²) in [5, 5.41) is 0. The Kier molecular flexibility index (Phi) is 2.86. The van der Waals surface area contributed by atoms with E-state index in [4.69, 9.17) is 0 Å². The molecule has 2 unspecified atom stereocenters. The fourth-order valence-corrected chi connectivity index (χ4v) is 1.80. The predicted octanol–water partition coefficient (Wildman–Crippen LogP) is 2.57. The highest BCUT2D eigenvalue weighted by molar-refractivity contribution is 5.50. The Hall–Kier alpha value is -0.590. The molecule has 11 heavy (non-hydrogen) atoms. The molecule has 0 heterocycles. The van der Waals surface area contributed by atoms with E-state index in [0.717, 1.165) is 12.7 Å². The maximum Gasteiger partial charge on any atom is 0.120 e. The van der Waals surface area contributed by atoms with Crippen LogP contribution in [0.15, 0.2) is 11.6 Å². The molecule has 0 radical (unpaired) electrons. The smallest absolute Gasteiger partial charge is 0.120 e. The van der Waals surface area contributed by atoms with E-state index in [1.54, 1.807) is 0 Å². The van der Waals surface area contributed by atoms with Crippen LogP contribution in [0.25, 0.3) is 0 Å². The molecule has 0 fully saturated rings. The van der Waals surface area contributed by atoms with Crippen molar-refractivity contribution in [2.75, 3.05) is 0 Å². The van der Waals surface area contributed by atoms with Crippen LogP contribution < -0.4 is 0 Å². The van der Waals surface area contributed by atoms with Gasteiger partial charge in [0.1, 0.15) is 6.29 Å². The van der Waals surface area contributed by atoms with Crippen LogP contribution in [0.1, 0.15) is 33.1 Å². The lowest BCUT2D eigenvalue weighted by molar-refractivity contribution is -0.108. The molecule has 0 saturated carbocycles. The van der Waals surface area contributed by atoms with Gasteiger partial charge < -0.3 is 4.79 Å². The summed E-state index contributed by atoms with van der Waals surface area (Å²) < 4.78 is 0. The van der Waals surface area contributed by atoms with E-state index < -0.39 is 0 Å². The molecule has 0 aromatic heterocycles. The molecule has 1 heteroatoms. The van der Waals surface area contributed by atoms with Crippen LogP contribution in [0, 0.1) is 11.8 Å². The van der Waals surface area contributed by atoms with Gasteiger partial charge in [-0.2, -0.15) is 0 Å². The van der Waals surface area contributed by atoms with Crippen LogP contribution in [-0.4, -0.2) is 6.29 Å². The fraction of sp³-hybridized carbons (Fsp3) is 0.700. The van der Waals surface area contributed by atoms with E-state index in [1.165, 1.54) is 18.4 Å². The van der Waals surface area contributed by atoms with Crippen molar-refractivity contribution in [2.24, 2.45) is 11.8 Å². The van der Waals surface area contributed by atoms with E-state index in [9.17, 15) is 4.79 Å². The number of hydrogen-bond acceptors (Lipinski definition) is 1. The highest BCUT2D eigenvalue weighted by Crippen LogP contribution is 2.29. The largest absolute Gasteiger partial charge is 0.303 e. The number of allylic oxidation sites excluding steroid dienone is 2. The predicted molar refractivity (Wildman–Crippen MR) is 46.3 cm³/mol. The summed E-state index contributed by atoms with van der Waals surface area (Å²) in [6, 6.07) is 0. The maximum absolute atomic E-state index is 10.3. The van der Waals surface area contributed by atoms with Gasteiger partial charge in [-0.15, -0.1) is 0 Å². The zero-order chi connectivity index (χ0) is 8.27. The van der Waals surface area contributed by atoms with Crippen molar-refractivity contribution in [1.82, 2.24) is 0 Å². The second-order valence-electron chi connectivity index (χ2n) is 3.57. The van der Waals surface area contributed by atoms with Gasteiger partial charge in [0.2, 0.25) is 0 Å². The minimum atomic E-state index is 0.606. The van der Waals surface area contributed by atoms with Crippen molar-refractivity contribution in [2.45, 2.75) is 33.1 Å². The lowest BCUT2D eigenvalue weighted by atomic mass is 9.81. The molecule has 1 aliphatic rings. The zero-order valence-corrected chi connectivity index (χ0v) is 7.34. The van der Waals surface area contributed by atoms with Crippen LogP contribution in [0.4, 0.5) is 0 Å². The molecule has 0 aromatic rings. The van der Waals surface area contributed by atoms with Crippen molar-refractivity contribution >= 4 is 6.29 Å². The highest BCUT2D eigenvalue weighted by Gasteiger charge is 2.18. The molecule has 62 valence electrons. The Balaban J connectivity index is 2.52. The third-order valence-corrected chi connectivity index (χ3v) is 2.60. The summed E-state index contributed by atoms with van der Waals surface area (Å²) in [6.07, 6.45) is 6.48. The van der Waals surface area contributed by atoms with Gasteiger partial charge >= 0.3 is 0 Å². The average Bonchev–Trinajstić information content (AvgIpc) is 1.95.